The largest absolute Gasteiger partial charge is 0.496 e. The molecule has 0 aliphatic rings. The number of nitrogens with one attached hydrogen (secondary N) is 2. The highest BCUT2D eigenvalue weighted by molar-refractivity contribution is 5.97. The molecule has 0 aliphatic carbocycles. The van der Waals surface area contributed by atoms with Crippen molar-refractivity contribution in [1.82, 2.24) is 15.3 Å². The average Bonchev–Trinajstić information content (AvgIpc) is 2.99. The van der Waals surface area contributed by atoms with Crippen LogP contribution < -0.4 is 10.1 Å². The molecule has 110 valence electrons. The standard InChI is InChI=1S/C13H14N4O4/c1-21-11-8-9(17(19)20)2-3-10(11)13(18)16-5-4-12-14-6-7-15-12/h2-3,6-8H,4-5H2,1H3,(H,14,15)(H,16,18). The Balaban J connectivity index is 2.02. The average molecular weight is 290 g/mol. The van der Waals surface area contributed by atoms with E-state index in [9.17, 15) is 14.9 Å². The fourth-order valence-corrected chi connectivity index (χ4v) is 1.81. The molecule has 21 heavy (non-hydrogen) atoms. The number of carbonyl (C=O) groups excluding carboxylic acids is 1. The summed E-state index contributed by atoms with van der Waals surface area (Å²) in [5.74, 6) is 0.582. The summed E-state index contributed by atoms with van der Waals surface area (Å²) in [4.78, 5) is 29.2. The monoisotopic (exact) mass is 290 g/mol. The van der Waals surface area contributed by atoms with Gasteiger partial charge >= 0.3 is 0 Å². The van der Waals surface area contributed by atoms with E-state index >= 15 is 0 Å². The van der Waals surface area contributed by atoms with Crippen LogP contribution in [0.15, 0.2) is 30.6 Å². The molecule has 2 rings (SSSR count). The lowest BCUT2D eigenvalue weighted by Crippen LogP contribution is -2.26. The minimum atomic E-state index is -0.541. The van der Waals surface area contributed by atoms with Crippen molar-refractivity contribution in [2.45, 2.75) is 6.42 Å². The van der Waals surface area contributed by atoms with Gasteiger partial charge in [-0.05, 0) is 6.07 Å². The number of rotatable bonds is 6. The number of hydrogen-bond acceptors (Lipinski definition) is 5. The predicted octanol–water partition coefficient (Wildman–Crippen LogP) is 1.30. The Bertz CT molecular complexity index is 640. The summed E-state index contributed by atoms with van der Waals surface area (Å²) in [6, 6.07) is 3.87. The summed E-state index contributed by atoms with van der Waals surface area (Å²) < 4.78 is 5.03. The predicted molar refractivity (Wildman–Crippen MR) is 74.3 cm³/mol. The molecule has 2 N–H and O–H groups in total. The molecule has 2 aromatic rings. The van der Waals surface area contributed by atoms with E-state index in [0.717, 1.165) is 5.82 Å². The molecule has 0 radical (unpaired) electrons. The summed E-state index contributed by atoms with van der Waals surface area (Å²) in [6.45, 7) is 0.395. The smallest absolute Gasteiger partial charge is 0.273 e. The van der Waals surface area contributed by atoms with Crippen molar-refractivity contribution in [2.75, 3.05) is 13.7 Å². The first-order valence-electron chi connectivity index (χ1n) is 6.20. The lowest BCUT2D eigenvalue weighted by atomic mass is 10.1. The second kappa shape index (κ2) is 6.51. The molecule has 8 nitrogen and oxygen atoms in total. The fourth-order valence-electron chi connectivity index (χ4n) is 1.81. The summed E-state index contributed by atoms with van der Waals surface area (Å²) in [6.07, 6.45) is 3.90. The van der Waals surface area contributed by atoms with Crippen LogP contribution in [0, 0.1) is 10.1 Å². The van der Waals surface area contributed by atoms with Crippen molar-refractivity contribution in [1.29, 1.82) is 0 Å². The maximum atomic E-state index is 12.0. The molecule has 0 saturated carbocycles. The first-order valence-corrected chi connectivity index (χ1v) is 6.20. The van der Waals surface area contributed by atoms with Crippen LogP contribution in [0.3, 0.4) is 0 Å². The van der Waals surface area contributed by atoms with Crippen molar-refractivity contribution >= 4 is 11.6 Å². The molecule has 0 aliphatic heterocycles. The highest BCUT2D eigenvalue weighted by Gasteiger charge is 2.16. The second-order valence-electron chi connectivity index (χ2n) is 4.18. The van der Waals surface area contributed by atoms with E-state index in [1.54, 1.807) is 12.4 Å². The quantitative estimate of drug-likeness (QED) is 0.615. The Morgan fingerprint density at radius 2 is 2.33 bits per heavy atom. The van der Waals surface area contributed by atoms with Gasteiger partial charge in [-0.2, -0.15) is 0 Å². The molecule has 0 bridgehead atoms. The summed E-state index contributed by atoms with van der Waals surface area (Å²) in [5, 5.41) is 13.4. The minimum absolute atomic E-state index is 0.126. The number of hydrogen-bond donors (Lipinski definition) is 2. The van der Waals surface area contributed by atoms with E-state index < -0.39 is 4.92 Å². The van der Waals surface area contributed by atoms with E-state index in [4.69, 9.17) is 4.74 Å². The van der Waals surface area contributed by atoms with Gasteiger partial charge in [-0.15, -0.1) is 0 Å². The molecule has 0 unspecified atom stereocenters. The number of amides is 1. The van der Waals surface area contributed by atoms with E-state index in [2.05, 4.69) is 15.3 Å². The van der Waals surface area contributed by atoms with Gasteiger partial charge in [0.25, 0.3) is 11.6 Å². The van der Waals surface area contributed by atoms with Crippen LogP contribution in [0.25, 0.3) is 0 Å². The lowest BCUT2D eigenvalue weighted by molar-refractivity contribution is -0.384. The van der Waals surface area contributed by atoms with Crippen LogP contribution in [0.2, 0.25) is 0 Å². The summed E-state index contributed by atoms with van der Waals surface area (Å²) >= 11 is 0. The van der Waals surface area contributed by atoms with E-state index in [1.807, 2.05) is 0 Å². The molecule has 1 amide bonds. The van der Waals surface area contributed by atoms with Crippen LogP contribution in [-0.4, -0.2) is 34.5 Å². The van der Waals surface area contributed by atoms with Crippen molar-refractivity contribution in [2.24, 2.45) is 0 Å². The van der Waals surface area contributed by atoms with Crippen molar-refractivity contribution < 1.29 is 14.5 Å². The van der Waals surface area contributed by atoms with Crippen LogP contribution in [0.4, 0.5) is 5.69 Å². The van der Waals surface area contributed by atoms with Gasteiger partial charge in [0.1, 0.15) is 11.6 Å². The topological polar surface area (TPSA) is 110 Å². The van der Waals surface area contributed by atoms with Gasteiger partial charge in [0, 0.05) is 31.4 Å². The van der Waals surface area contributed by atoms with Crippen LogP contribution >= 0.6 is 0 Å². The van der Waals surface area contributed by atoms with Crippen molar-refractivity contribution in [3.05, 3.63) is 52.1 Å². The molecule has 0 saturated heterocycles. The molecule has 1 heterocycles. The molecular formula is C13H14N4O4. The molecule has 1 aromatic carbocycles. The molecule has 1 aromatic heterocycles. The summed E-state index contributed by atoms with van der Waals surface area (Å²) in [7, 11) is 1.36. The third-order valence-corrected chi connectivity index (χ3v) is 2.84. The third-order valence-electron chi connectivity index (χ3n) is 2.84. The van der Waals surface area contributed by atoms with Gasteiger partial charge in [0.05, 0.1) is 23.7 Å². The number of aromatic nitrogens is 2. The van der Waals surface area contributed by atoms with Gasteiger partial charge in [0.15, 0.2) is 0 Å². The lowest BCUT2D eigenvalue weighted by Gasteiger charge is -2.08. The third kappa shape index (κ3) is 3.56. The fraction of sp³-hybridized carbons (Fsp3) is 0.231. The Morgan fingerprint density at radius 3 is 2.95 bits per heavy atom. The van der Waals surface area contributed by atoms with Gasteiger partial charge in [0.2, 0.25) is 0 Å². The Labute approximate surface area is 120 Å². The molecule has 0 atom stereocenters. The number of carbonyl (C=O) groups is 1. The zero-order valence-electron chi connectivity index (χ0n) is 11.3. The first kappa shape index (κ1) is 14.5. The number of imidazole rings is 1. The van der Waals surface area contributed by atoms with Gasteiger partial charge in [-0.25, -0.2) is 4.98 Å². The molecule has 8 heteroatoms. The first-order chi connectivity index (χ1) is 10.1. The summed E-state index contributed by atoms with van der Waals surface area (Å²) in [5.41, 5.74) is 0.126. The zero-order valence-corrected chi connectivity index (χ0v) is 11.3. The molecular weight excluding hydrogens is 276 g/mol. The second-order valence-corrected chi connectivity index (χ2v) is 4.18. The van der Waals surface area contributed by atoms with Gasteiger partial charge in [-0.3, -0.25) is 14.9 Å². The van der Waals surface area contributed by atoms with E-state index in [1.165, 1.54) is 25.3 Å². The van der Waals surface area contributed by atoms with Crippen LogP contribution in [-0.2, 0) is 6.42 Å². The van der Waals surface area contributed by atoms with Crippen LogP contribution in [0.5, 0.6) is 5.75 Å². The molecule has 0 spiro atoms. The van der Waals surface area contributed by atoms with E-state index in [0.29, 0.717) is 13.0 Å². The number of nitro benzene ring substituents is 1. The number of methoxy groups -OCH3 is 1. The van der Waals surface area contributed by atoms with Gasteiger partial charge < -0.3 is 15.0 Å². The van der Waals surface area contributed by atoms with E-state index in [-0.39, 0.29) is 22.9 Å². The number of non-ortho nitro benzene ring substituents is 1. The minimum Gasteiger partial charge on any atom is -0.496 e. The SMILES string of the molecule is COc1cc([N+](=O)[O-])ccc1C(=O)NCCc1ncc[nH]1. The maximum Gasteiger partial charge on any atom is 0.273 e. The number of H-pyrrole nitrogens is 1. The van der Waals surface area contributed by atoms with Crippen molar-refractivity contribution in [3.8, 4) is 5.75 Å². The highest BCUT2D eigenvalue weighted by Crippen LogP contribution is 2.24. The van der Waals surface area contributed by atoms with Crippen LogP contribution in [0.1, 0.15) is 16.2 Å². The normalized spacial score (nSPS) is 10.1. The number of ether oxygens (including phenoxy) is 1. The van der Waals surface area contributed by atoms with Gasteiger partial charge in [-0.1, -0.05) is 0 Å². The Morgan fingerprint density at radius 1 is 1.52 bits per heavy atom. The highest BCUT2D eigenvalue weighted by atomic mass is 16.6. The van der Waals surface area contributed by atoms with Crippen molar-refractivity contribution in [3.63, 3.8) is 0 Å². The number of nitro groups is 1. The maximum absolute atomic E-state index is 12.0. The Kier molecular flexibility index (Phi) is 4.50. The Hall–Kier alpha value is -2.90. The number of benzene rings is 1. The zero-order chi connectivity index (χ0) is 15.2. The number of nitrogens with zero attached hydrogens (tertiary/aromatic N) is 2. The number of aromatic amines is 1. The molecule has 0 fully saturated rings.